The molecule has 4 nitrogen and oxygen atoms in total. The first-order valence-corrected chi connectivity index (χ1v) is 5.12. The zero-order valence-corrected chi connectivity index (χ0v) is 9.03. The number of aromatic hydroxyl groups is 1. The van der Waals surface area contributed by atoms with Gasteiger partial charge < -0.3 is 10.4 Å². The van der Waals surface area contributed by atoms with Gasteiger partial charge in [-0.1, -0.05) is 26.0 Å². The Labute approximate surface area is 89.5 Å². The van der Waals surface area contributed by atoms with Crippen LogP contribution in [-0.2, 0) is 0 Å². The van der Waals surface area contributed by atoms with Crippen LogP contribution < -0.4 is 10.2 Å². The highest BCUT2D eigenvalue weighted by Gasteiger charge is 2.22. The summed E-state index contributed by atoms with van der Waals surface area (Å²) in [6.45, 7) is 5.24. The number of phenols is 1. The SMILES string of the molecule is CC.O=C1NCCN1c1ccccc1O. The van der Waals surface area contributed by atoms with Crippen LogP contribution in [0.4, 0.5) is 10.5 Å². The maximum absolute atomic E-state index is 11.2. The number of nitrogens with zero attached hydrogens (tertiary/aromatic N) is 1. The minimum absolute atomic E-state index is 0.138. The summed E-state index contributed by atoms with van der Waals surface area (Å²) < 4.78 is 0. The molecule has 1 aromatic rings. The summed E-state index contributed by atoms with van der Waals surface area (Å²) in [5.41, 5.74) is 0.567. The second-order valence-electron chi connectivity index (χ2n) is 2.87. The summed E-state index contributed by atoms with van der Waals surface area (Å²) in [6, 6.07) is 6.66. The summed E-state index contributed by atoms with van der Waals surface area (Å²) in [7, 11) is 0. The van der Waals surface area contributed by atoms with Gasteiger partial charge in [-0.2, -0.15) is 0 Å². The lowest BCUT2D eigenvalue weighted by Gasteiger charge is -2.14. The van der Waals surface area contributed by atoms with E-state index in [4.69, 9.17) is 0 Å². The van der Waals surface area contributed by atoms with Crippen LogP contribution >= 0.6 is 0 Å². The van der Waals surface area contributed by atoms with Crippen LogP contribution in [0.25, 0.3) is 0 Å². The fourth-order valence-electron chi connectivity index (χ4n) is 1.39. The first-order valence-electron chi connectivity index (χ1n) is 5.12. The minimum atomic E-state index is -0.151. The van der Waals surface area contributed by atoms with Crippen molar-refractivity contribution in [2.24, 2.45) is 0 Å². The number of anilines is 1. The Kier molecular flexibility index (Phi) is 3.97. The van der Waals surface area contributed by atoms with Gasteiger partial charge in [-0.25, -0.2) is 4.79 Å². The predicted molar refractivity (Wildman–Crippen MR) is 60.2 cm³/mol. The Hall–Kier alpha value is -1.71. The van der Waals surface area contributed by atoms with Gasteiger partial charge in [-0.15, -0.1) is 0 Å². The van der Waals surface area contributed by atoms with Gasteiger partial charge >= 0.3 is 6.03 Å². The summed E-state index contributed by atoms with van der Waals surface area (Å²) in [6.07, 6.45) is 0. The fraction of sp³-hybridized carbons (Fsp3) is 0.364. The van der Waals surface area contributed by atoms with Crippen LogP contribution in [0.5, 0.6) is 5.75 Å². The van der Waals surface area contributed by atoms with Crippen molar-refractivity contribution in [3.8, 4) is 5.75 Å². The third kappa shape index (κ3) is 2.40. The molecule has 4 heteroatoms. The van der Waals surface area contributed by atoms with Gasteiger partial charge in [0.1, 0.15) is 5.75 Å². The van der Waals surface area contributed by atoms with E-state index < -0.39 is 0 Å². The molecule has 1 heterocycles. The predicted octanol–water partition coefficient (Wildman–Crippen LogP) is 1.95. The molecule has 0 atom stereocenters. The highest BCUT2D eigenvalue weighted by molar-refractivity contribution is 5.95. The highest BCUT2D eigenvalue weighted by Crippen LogP contribution is 2.27. The molecule has 2 amide bonds. The molecule has 1 saturated heterocycles. The fourth-order valence-corrected chi connectivity index (χ4v) is 1.39. The molecule has 2 N–H and O–H groups in total. The number of carbonyl (C=O) groups is 1. The third-order valence-electron chi connectivity index (χ3n) is 2.03. The van der Waals surface area contributed by atoms with Crippen molar-refractivity contribution in [3.05, 3.63) is 24.3 Å². The lowest BCUT2D eigenvalue weighted by atomic mass is 10.3. The van der Waals surface area contributed by atoms with Crippen molar-refractivity contribution in [1.29, 1.82) is 0 Å². The largest absolute Gasteiger partial charge is 0.506 e. The topological polar surface area (TPSA) is 52.6 Å². The van der Waals surface area contributed by atoms with Crippen LogP contribution in [0, 0.1) is 0 Å². The van der Waals surface area contributed by atoms with Crippen molar-refractivity contribution in [1.82, 2.24) is 5.32 Å². The molecule has 1 aliphatic rings. The molecule has 0 bridgehead atoms. The van der Waals surface area contributed by atoms with Crippen LogP contribution in [0.3, 0.4) is 0 Å². The third-order valence-corrected chi connectivity index (χ3v) is 2.03. The second kappa shape index (κ2) is 5.24. The summed E-state index contributed by atoms with van der Waals surface area (Å²) in [4.78, 5) is 12.8. The molecule has 2 rings (SSSR count). The molecule has 0 aromatic heterocycles. The van der Waals surface area contributed by atoms with Gasteiger partial charge in [-0.05, 0) is 12.1 Å². The highest BCUT2D eigenvalue weighted by atomic mass is 16.3. The molecule has 0 unspecified atom stereocenters. The molecule has 0 saturated carbocycles. The van der Waals surface area contributed by atoms with Crippen LogP contribution in [0.2, 0.25) is 0 Å². The average Bonchev–Trinajstić information content (AvgIpc) is 2.68. The zero-order chi connectivity index (χ0) is 11.3. The Balaban J connectivity index is 0.000000531. The molecular weight excluding hydrogens is 192 g/mol. The number of nitrogens with one attached hydrogen (secondary N) is 1. The van der Waals surface area contributed by atoms with E-state index in [1.54, 1.807) is 24.3 Å². The van der Waals surface area contributed by atoms with Crippen LogP contribution in [0.15, 0.2) is 24.3 Å². The van der Waals surface area contributed by atoms with Gasteiger partial charge in [0.15, 0.2) is 0 Å². The van der Waals surface area contributed by atoms with Gasteiger partial charge in [-0.3, -0.25) is 4.90 Å². The van der Waals surface area contributed by atoms with Crippen LogP contribution in [-0.4, -0.2) is 24.2 Å². The molecule has 82 valence electrons. The van der Waals surface area contributed by atoms with Gasteiger partial charge in [0, 0.05) is 13.1 Å². The van der Waals surface area contributed by atoms with Crippen molar-refractivity contribution in [2.75, 3.05) is 18.0 Å². The standard InChI is InChI=1S/C9H10N2O2.C2H6/c12-8-4-2-1-3-7(8)11-6-5-10-9(11)13;1-2/h1-4,12H,5-6H2,(H,10,13);1-2H3. The van der Waals surface area contributed by atoms with E-state index in [9.17, 15) is 9.90 Å². The van der Waals surface area contributed by atoms with Gasteiger partial charge in [0.25, 0.3) is 0 Å². The Morgan fingerprint density at radius 2 is 2.00 bits per heavy atom. The summed E-state index contributed by atoms with van der Waals surface area (Å²) >= 11 is 0. The number of urea groups is 1. The minimum Gasteiger partial charge on any atom is -0.506 e. The van der Waals surface area contributed by atoms with Crippen LogP contribution in [0.1, 0.15) is 13.8 Å². The summed E-state index contributed by atoms with van der Waals surface area (Å²) in [5.74, 6) is 0.138. The van der Waals surface area contributed by atoms with E-state index in [0.717, 1.165) is 0 Å². The van der Waals surface area contributed by atoms with E-state index in [0.29, 0.717) is 18.8 Å². The van der Waals surface area contributed by atoms with Gasteiger partial charge in [0.2, 0.25) is 0 Å². The number of hydrogen-bond acceptors (Lipinski definition) is 2. The molecule has 15 heavy (non-hydrogen) atoms. The lowest BCUT2D eigenvalue weighted by molar-refractivity contribution is 0.252. The first-order chi connectivity index (χ1) is 7.29. The molecular formula is C11H16N2O2. The molecule has 0 aliphatic carbocycles. The maximum atomic E-state index is 11.2. The molecule has 1 fully saturated rings. The number of amides is 2. The van der Waals surface area contributed by atoms with Crippen molar-refractivity contribution in [2.45, 2.75) is 13.8 Å². The Morgan fingerprint density at radius 3 is 2.53 bits per heavy atom. The molecule has 1 aliphatic heterocycles. The number of carbonyl (C=O) groups excluding carboxylic acids is 1. The maximum Gasteiger partial charge on any atom is 0.322 e. The number of phenolic OH excluding ortho intramolecular Hbond substituents is 1. The van der Waals surface area contributed by atoms with Crippen molar-refractivity contribution in [3.63, 3.8) is 0 Å². The van der Waals surface area contributed by atoms with E-state index >= 15 is 0 Å². The number of rotatable bonds is 1. The van der Waals surface area contributed by atoms with E-state index in [1.807, 2.05) is 13.8 Å². The normalized spacial score (nSPS) is 14.3. The first kappa shape index (κ1) is 11.4. The monoisotopic (exact) mass is 208 g/mol. The lowest BCUT2D eigenvalue weighted by Crippen LogP contribution is -2.27. The van der Waals surface area contributed by atoms with Crippen molar-refractivity contribution >= 4 is 11.7 Å². The Bertz CT molecular complexity index is 339. The zero-order valence-electron chi connectivity index (χ0n) is 9.03. The number of benzene rings is 1. The number of hydrogen-bond donors (Lipinski definition) is 2. The Morgan fingerprint density at radius 1 is 1.33 bits per heavy atom. The molecule has 1 aromatic carbocycles. The van der Waals surface area contributed by atoms with Gasteiger partial charge in [0.05, 0.1) is 5.69 Å². The van der Waals surface area contributed by atoms with E-state index in [1.165, 1.54) is 4.90 Å². The van der Waals surface area contributed by atoms with E-state index in [2.05, 4.69) is 5.32 Å². The summed E-state index contributed by atoms with van der Waals surface area (Å²) in [5, 5.41) is 12.1. The molecule has 0 radical (unpaired) electrons. The smallest absolute Gasteiger partial charge is 0.322 e. The average molecular weight is 208 g/mol. The quantitative estimate of drug-likeness (QED) is 0.741. The van der Waals surface area contributed by atoms with Crippen molar-refractivity contribution < 1.29 is 9.90 Å². The van der Waals surface area contributed by atoms with E-state index in [-0.39, 0.29) is 11.8 Å². The second-order valence-corrected chi connectivity index (χ2v) is 2.87. The molecule has 0 spiro atoms. The number of para-hydroxylation sites is 2.